The van der Waals surface area contributed by atoms with Crippen LogP contribution in [-0.2, 0) is 15.4 Å². The van der Waals surface area contributed by atoms with Crippen LogP contribution < -0.4 is 0 Å². The minimum absolute atomic E-state index is 0. The smallest absolute Gasteiger partial charge is 0.147 e. The van der Waals surface area contributed by atoms with E-state index in [-0.39, 0.29) is 24.8 Å². The van der Waals surface area contributed by atoms with Crippen molar-refractivity contribution < 1.29 is 15.4 Å². The van der Waals surface area contributed by atoms with Crippen molar-refractivity contribution in [1.82, 2.24) is 0 Å². The van der Waals surface area contributed by atoms with Crippen molar-refractivity contribution in [2.45, 2.75) is 63.7 Å². The van der Waals surface area contributed by atoms with Crippen LogP contribution in [0.1, 0.15) is 54.4 Å². The van der Waals surface area contributed by atoms with Crippen LogP contribution in [-0.4, -0.2) is 12.2 Å². The Kier molecular flexibility index (Phi) is 7.82. The maximum Gasteiger partial charge on any atom is -0.147 e. The van der Waals surface area contributed by atoms with Crippen molar-refractivity contribution in [3.63, 3.8) is 0 Å². The molecule has 2 aliphatic carbocycles. The zero-order chi connectivity index (χ0) is 17.0. The molecule has 0 unspecified atom stereocenters. The summed E-state index contributed by atoms with van der Waals surface area (Å²) in [6.07, 6.45) is 12.6. The molecule has 0 N–H and O–H groups in total. The third kappa shape index (κ3) is 5.02. The summed E-state index contributed by atoms with van der Waals surface area (Å²) in [7, 11) is 0. The average Bonchev–Trinajstić information content (AvgIpc) is 2.97. The molecule has 2 rings (SSSR count). The molecular weight excluding hydrogens is 562 g/mol. The second-order valence-electron chi connectivity index (χ2n) is 10.3. The molecule has 0 fully saturated rings. The van der Waals surface area contributed by atoms with Gasteiger partial charge in [0.25, 0.3) is 0 Å². The molecule has 0 atom stereocenters. The molecule has 0 nitrogen and oxygen atoms in total. The van der Waals surface area contributed by atoms with Crippen molar-refractivity contribution in [3.05, 3.63) is 42.1 Å². The van der Waals surface area contributed by atoms with Crippen molar-refractivity contribution >= 4 is 37.0 Å². The Balaban J connectivity index is 0.00000264. The van der Waals surface area contributed by atoms with Gasteiger partial charge in [0.1, 0.15) is 0 Å². The molecule has 2 aliphatic rings. The van der Waals surface area contributed by atoms with E-state index in [2.05, 4.69) is 75.2 Å². The Bertz CT molecular complexity index is 632. The molecule has 0 radical (unpaired) electrons. The molecule has 0 aromatic rings. The summed E-state index contributed by atoms with van der Waals surface area (Å²) in [5.74, 6) is 0. The third-order valence-corrected chi connectivity index (χ3v) is 38.4. The molecule has 0 saturated carbocycles. The van der Waals surface area contributed by atoms with Crippen LogP contribution in [0.15, 0.2) is 42.1 Å². The second-order valence-corrected chi connectivity index (χ2v) is 70.6. The molecule has 138 valence electrons. The quantitative estimate of drug-likeness (QED) is 0.311. The Labute approximate surface area is 167 Å². The molecule has 0 heterocycles. The molecule has 0 saturated heterocycles. The monoisotopic (exact) mass is 600 g/mol. The largest absolute Gasteiger partial charge is 0.147 e. The van der Waals surface area contributed by atoms with Crippen molar-refractivity contribution in [1.29, 1.82) is 0 Å². The van der Waals surface area contributed by atoms with E-state index in [1.807, 2.05) is 6.66 Å². The summed E-state index contributed by atoms with van der Waals surface area (Å²) in [5.41, 5.74) is 3.71. The van der Waals surface area contributed by atoms with Gasteiger partial charge in [0.2, 0.25) is 0 Å². The zero-order valence-corrected chi connectivity index (χ0v) is 24.9. The Morgan fingerprint density at radius 1 is 0.750 bits per heavy atom. The van der Waals surface area contributed by atoms with E-state index in [9.17, 15) is 0 Å². The molecule has 4 heteroatoms. The fraction of sp³-hybridized carbons (Fsp3) is 0.600. The second kappa shape index (κ2) is 7.52. The van der Waals surface area contributed by atoms with Crippen LogP contribution in [0.25, 0.3) is 0 Å². The summed E-state index contributed by atoms with van der Waals surface area (Å²) in [4.78, 5) is 0. The van der Waals surface area contributed by atoms with Gasteiger partial charge in [0.05, 0.1) is 0 Å². The first kappa shape index (κ1) is 25.0. The molecule has 0 aromatic carbocycles. The van der Waals surface area contributed by atoms with Gasteiger partial charge < -0.3 is 0 Å². The normalized spacial score (nSPS) is 18.9. The van der Waals surface area contributed by atoms with Crippen molar-refractivity contribution in [2.24, 2.45) is 10.8 Å². The van der Waals surface area contributed by atoms with E-state index in [0.29, 0.717) is 10.8 Å². The molecule has 0 aromatic heterocycles. The van der Waals surface area contributed by atoms with E-state index >= 15 is 0 Å². The molecule has 0 aliphatic heterocycles. The van der Waals surface area contributed by atoms with E-state index in [1.165, 1.54) is 25.1 Å². The van der Waals surface area contributed by atoms with Crippen LogP contribution in [0.3, 0.4) is 0 Å². The fourth-order valence-corrected chi connectivity index (χ4v) is 23.2. The fourth-order valence-electron chi connectivity index (χ4n) is 3.42. The summed E-state index contributed by atoms with van der Waals surface area (Å²) >= 11 is -1.46. The predicted molar refractivity (Wildman–Crippen MR) is 115 cm³/mol. The standard InChI is InChI=1S/2C9H13.2CH3.2ClH.GeH2.Hf/c2*1-9(2,3)8-6-4-5-7-8;;;;;;/h2*6-7H,4H2,1-3H3;2*1H3;2*1H;1H2;. The van der Waals surface area contributed by atoms with Crippen LogP contribution in [0.5, 0.6) is 0 Å². The number of allylic oxidation sites excluding steroid dienone is 8. The molecule has 24 heavy (non-hydrogen) atoms. The minimum atomic E-state index is -2.96. The third-order valence-electron chi connectivity index (χ3n) is 5.53. The number of hydrogen-bond donors (Lipinski definition) is 0. The maximum absolute atomic E-state index is 2.96. The molecular formula is C20H36Cl2GeHf. The summed E-state index contributed by atoms with van der Waals surface area (Å²) in [5, 5.41) is 0. The topological polar surface area (TPSA) is 0 Å². The number of halogens is 2. The van der Waals surface area contributed by atoms with Gasteiger partial charge in [-0.2, -0.15) is 0 Å². The van der Waals surface area contributed by atoms with Gasteiger partial charge in [-0.3, -0.25) is 0 Å². The molecule has 0 amide bonds. The van der Waals surface area contributed by atoms with Crippen molar-refractivity contribution in [3.8, 4) is 0 Å². The number of hydrogen-bond acceptors (Lipinski definition) is 0. The summed E-state index contributed by atoms with van der Waals surface area (Å²) < 4.78 is 9.04. The maximum atomic E-state index is 2.69. The predicted octanol–water partition coefficient (Wildman–Crippen LogP) is 6.68. The van der Waals surface area contributed by atoms with Gasteiger partial charge in [-0.15, -0.1) is 24.8 Å². The van der Waals surface area contributed by atoms with Gasteiger partial charge in [-0.1, -0.05) is 0 Å². The average molecular weight is 599 g/mol. The van der Waals surface area contributed by atoms with E-state index in [4.69, 9.17) is 0 Å². The Morgan fingerprint density at radius 3 is 1.25 bits per heavy atom. The molecule has 0 bridgehead atoms. The van der Waals surface area contributed by atoms with Gasteiger partial charge >= 0.3 is 144 Å². The van der Waals surface area contributed by atoms with Crippen LogP contribution >= 0.6 is 24.8 Å². The van der Waals surface area contributed by atoms with Gasteiger partial charge in [-0.25, -0.2) is 0 Å². The first-order valence-corrected chi connectivity index (χ1v) is 34.1. The van der Waals surface area contributed by atoms with E-state index in [0.717, 1.165) is 0 Å². The van der Waals surface area contributed by atoms with Crippen LogP contribution in [0, 0.1) is 10.8 Å². The van der Waals surface area contributed by atoms with Gasteiger partial charge in [-0.05, 0) is 0 Å². The van der Waals surface area contributed by atoms with Gasteiger partial charge in [0, 0.05) is 0 Å². The SMILES string of the molecule is CC(C)(C)C1=CC[C]([Hf]([CH3])([CH3])(=[GeH2])[C]2=CC(C(C)(C)C)=CC2)=C1.Cl.Cl. The first-order chi connectivity index (χ1) is 9.70. The van der Waals surface area contributed by atoms with Gasteiger partial charge in [0.15, 0.2) is 0 Å². The summed E-state index contributed by atoms with van der Waals surface area (Å²) in [6, 6.07) is 0. The van der Waals surface area contributed by atoms with E-state index in [1.54, 1.807) is 11.1 Å². The van der Waals surface area contributed by atoms with Crippen LogP contribution in [0.2, 0.25) is 9.36 Å². The Morgan fingerprint density at radius 2 is 1.04 bits per heavy atom. The minimum Gasteiger partial charge on any atom is -0.147 e. The van der Waals surface area contributed by atoms with Crippen molar-refractivity contribution in [2.75, 3.05) is 0 Å². The Hall–Kier alpha value is 0.953. The molecule has 0 spiro atoms. The van der Waals surface area contributed by atoms with E-state index < -0.39 is 15.4 Å². The first-order valence-electron chi connectivity index (χ1n) is 8.61. The van der Waals surface area contributed by atoms with Crippen LogP contribution in [0.4, 0.5) is 0 Å². The summed E-state index contributed by atoms with van der Waals surface area (Å²) in [6.45, 7) is 14.1. The number of rotatable bonds is 2. The zero-order valence-electron chi connectivity index (χ0n) is 16.7.